The number of hydrogen-bond acceptors (Lipinski definition) is 5. The zero-order valence-corrected chi connectivity index (χ0v) is 9.48. The summed E-state index contributed by atoms with van der Waals surface area (Å²) in [5.41, 5.74) is -0.0992. The number of aromatic amines is 1. The summed E-state index contributed by atoms with van der Waals surface area (Å²) in [6.07, 6.45) is 0. The average molecular weight is 251 g/mol. The topological polar surface area (TPSA) is 92.8 Å². The van der Waals surface area contributed by atoms with Gasteiger partial charge >= 0.3 is 0 Å². The lowest BCUT2D eigenvalue weighted by atomic mass is 10.2. The van der Waals surface area contributed by atoms with E-state index in [-0.39, 0.29) is 12.1 Å². The molecule has 1 heterocycles. The largest absolute Gasteiger partial charge is 0.497 e. The number of halogens is 1. The Morgan fingerprint density at radius 2 is 2.39 bits per heavy atom. The second kappa shape index (κ2) is 5.21. The second-order valence-electron chi connectivity index (χ2n) is 3.36. The lowest BCUT2D eigenvalue weighted by Crippen LogP contribution is -2.24. The minimum atomic E-state index is -0.624. The van der Waals surface area contributed by atoms with E-state index in [1.807, 2.05) is 0 Å². The molecule has 1 amide bonds. The fraction of sp³-hybridized carbons (Fsp3) is 0.200. The molecule has 2 N–H and O–H groups in total. The fourth-order valence-electron chi connectivity index (χ4n) is 1.32. The first-order chi connectivity index (χ1) is 8.70. The van der Waals surface area contributed by atoms with Gasteiger partial charge in [-0.25, -0.2) is 4.39 Å². The molecule has 0 aliphatic carbocycles. The van der Waals surface area contributed by atoms with Gasteiger partial charge in [-0.3, -0.25) is 4.79 Å². The summed E-state index contributed by atoms with van der Waals surface area (Å²) < 4.78 is 18.4. The molecule has 1 aromatic carbocycles. The van der Waals surface area contributed by atoms with Crippen molar-refractivity contribution in [2.75, 3.05) is 7.11 Å². The third-order valence-electron chi connectivity index (χ3n) is 2.21. The maximum atomic E-state index is 13.5. The zero-order chi connectivity index (χ0) is 13.0. The SMILES string of the molecule is COc1ccc(F)c(C(=O)NCc2nn[nH]n2)c1. The van der Waals surface area contributed by atoms with Crippen LogP contribution in [0.1, 0.15) is 16.2 Å². The highest BCUT2D eigenvalue weighted by atomic mass is 19.1. The lowest BCUT2D eigenvalue weighted by Gasteiger charge is -2.06. The van der Waals surface area contributed by atoms with Gasteiger partial charge in [-0.2, -0.15) is 5.21 Å². The molecule has 7 nitrogen and oxygen atoms in total. The van der Waals surface area contributed by atoms with E-state index in [0.29, 0.717) is 11.6 Å². The quantitative estimate of drug-likeness (QED) is 0.814. The highest BCUT2D eigenvalue weighted by molar-refractivity contribution is 5.94. The van der Waals surface area contributed by atoms with Crippen molar-refractivity contribution >= 4 is 5.91 Å². The van der Waals surface area contributed by atoms with E-state index in [2.05, 4.69) is 25.9 Å². The van der Waals surface area contributed by atoms with E-state index in [4.69, 9.17) is 4.74 Å². The van der Waals surface area contributed by atoms with Gasteiger partial charge in [0.15, 0.2) is 5.82 Å². The predicted molar refractivity (Wildman–Crippen MR) is 58.3 cm³/mol. The summed E-state index contributed by atoms with van der Waals surface area (Å²) in [5, 5.41) is 15.4. The van der Waals surface area contributed by atoms with Gasteiger partial charge in [0.2, 0.25) is 0 Å². The maximum Gasteiger partial charge on any atom is 0.254 e. The molecule has 0 radical (unpaired) electrons. The van der Waals surface area contributed by atoms with E-state index in [1.54, 1.807) is 0 Å². The van der Waals surface area contributed by atoms with Crippen molar-refractivity contribution in [3.05, 3.63) is 35.4 Å². The summed E-state index contributed by atoms with van der Waals surface area (Å²) in [5.74, 6) is -0.481. The number of carbonyl (C=O) groups excluding carboxylic acids is 1. The minimum absolute atomic E-state index is 0.0615. The van der Waals surface area contributed by atoms with Crippen LogP contribution in [0.15, 0.2) is 18.2 Å². The summed E-state index contributed by atoms with van der Waals surface area (Å²) in [4.78, 5) is 11.7. The Balaban J connectivity index is 2.08. The van der Waals surface area contributed by atoms with Crippen molar-refractivity contribution in [1.82, 2.24) is 25.9 Å². The number of rotatable bonds is 4. The van der Waals surface area contributed by atoms with Gasteiger partial charge in [-0.05, 0) is 18.2 Å². The molecule has 2 aromatic rings. The van der Waals surface area contributed by atoms with Gasteiger partial charge in [0.05, 0.1) is 19.2 Å². The van der Waals surface area contributed by atoms with E-state index >= 15 is 0 Å². The molecule has 0 fully saturated rings. The first kappa shape index (κ1) is 12.0. The Hall–Kier alpha value is -2.51. The van der Waals surface area contributed by atoms with Gasteiger partial charge in [0, 0.05) is 0 Å². The van der Waals surface area contributed by atoms with Crippen molar-refractivity contribution in [2.24, 2.45) is 0 Å². The normalized spacial score (nSPS) is 10.1. The average Bonchev–Trinajstić information content (AvgIpc) is 2.89. The number of methoxy groups -OCH3 is 1. The van der Waals surface area contributed by atoms with Gasteiger partial charge < -0.3 is 10.1 Å². The van der Waals surface area contributed by atoms with Crippen molar-refractivity contribution < 1.29 is 13.9 Å². The van der Waals surface area contributed by atoms with Gasteiger partial charge in [0.25, 0.3) is 5.91 Å². The monoisotopic (exact) mass is 251 g/mol. The standard InChI is InChI=1S/C10H10FN5O2/c1-18-6-2-3-8(11)7(4-6)10(17)12-5-9-13-15-16-14-9/h2-4H,5H2,1H3,(H,12,17)(H,13,14,15,16). The Bertz CT molecular complexity index is 543. The second-order valence-corrected chi connectivity index (χ2v) is 3.36. The van der Waals surface area contributed by atoms with Gasteiger partial charge in [-0.15, -0.1) is 10.2 Å². The van der Waals surface area contributed by atoms with Crippen LogP contribution in [0.4, 0.5) is 4.39 Å². The van der Waals surface area contributed by atoms with Crippen molar-refractivity contribution in [1.29, 1.82) is 0 Å². The number of ether oxygens (including phenoxy) is 1. The maximum absolute atomic E-state index is 13.5. The molecule has 0 saturated heterocycles. The molecular formula is C10H10FN5O2. The van der Waals surface area contributed by atoms with E-state index in [0.717, 1.165) is 0 Å². The molecule has 0 saturated carbocycles. The van der Waals surface area contributed by atoms with Crippen molar-refractivity contribution in [2.45, 2.75) is 6.54 Å². The van der Waals surface area contributed by atoms with Crippen LogP contribution in [-0.4, -0.2) is 33.6 Å². The number of H-pyrrole nitrogens is 1. The summed E-state index contributed by atoms with van der Waals surface area (Å²) >= 11 is 0. The molecule has 0 bridgehead atoms. The zero-order valence-electron chi connectivity index (χ0n) is 9.48. The van der Waals surface area contributed by atoms with Crippen LogP contribution in [0.25, 0.3) is 0 Å². The highest BCUT2D eigenvalue weighted by Gasteiger charge is 2.13. The number of benzene rings is 1. The van der Waals surface area contributed by atoms with Crippen molar-refractivity contribution in [3.63, 3.8) is 0 Å². The number of nitrogens with zero attached hydrogens (tertiary/aromatic N) is 3. The van der Waals surface area contributed by atoms with Gasteiger partial charge in [-0.1, -0.05) is 5.21 Å². The smallest absolute Gasteiger partial charge is 0.254 e. The molecule has 18 heavy (non-hydrogen) atoms. The molecule has 0 unspecified atom stereocenters. The number of nitrogens with one attached hydrogen (secondary N) is 2. The third kappa shape index (κ3) is 2.59. The van der Waals surface area contributed by atoms with Crippen molar-refractivity contribution in [3.8, 4) is 5.75 Å². The molecule has 2 rings (SSSR count). The van der Waals surface area contributed by atoms with Crippen LogP contribution in [0.2, 0.25) is 0 Å². The first-order valence-electron chi connectivity index (χ1n) is 5.05. The number of carbonyl (C=O) groups is 1. The molecule has 1 aromatic heterocycles. The summed E-state index contributed by atoms with van der Waals surface area (Å²) in [6, 6.07) is 3.92. The molecular weight excluding hydrogens is 241 g/mol. The molecule has 0 aliphatic heterocycles. The third-order valence-corrected chi connectivity index (χ3v) is 2.21. The van der Waals surface area contributed by atoms with Crippen LogP contribution in [-0.2, 0) is 6.54 Å². The Morgan fingerprint density at radius 1 is 1.56 bits per heavy atom. The minimum Gasteiger partial charge on any atom is -0.497 e. The molecule has 94 valence electrons. The first-order valence-corrected chi connectivity index (χ1v) is 5.05. The van der Waals surface area contributed by atoms with Crippen LogP contribution in [0, 0.1) is 5.82 Å². The van der Waals surface area contributed by atoms with Crippen LogP contribution in [0.3, 0.4) is 0 Å². The number of tetrazole rings is 1. The van der Waals surface area contributed by atoms with Gasteiger partial charge in [0.1, 0.15) is 11.6 Å². The highest BCUT2D eigenvalue weighted by Crippen LogP contribution is 2.16. The number of aromatic nitrogens is 4. The molecule has 0 spiro atoms. The predicted octanol–water partition coefficient (Wildman–Crippen LogP) is 0.277. The summed E-state index contributed by atoms with van der Waals surface area (Å²) in [7, 11) is 1.44. The van der Waals surface area contributed by atoms with Crippen LogP contribution in [0.5, 0.6) is 5.75 Å². The summed E-state index contributed by atoms with van der Waals surface area (Å²) in [6.45, 7) is 0.0615. The van der Waals surface area contributed by atoms with E-state index in [1.165, 1.54) is 25.3 Å². The Labute approximate surface area is 101 Å². The Morgan fingerprint density at radius 3 is 3.06 bits per heavy atom. The molecule has 0 aliphatic rings. The lowest BCUT2D eigenvalue weighted by molar-refractivity contribution is 0.0945. The molecule has 8 heteroatoms. The number of hydrogen-bond donors (Lipinski definition) is 2. The fourth-order valence-corrected chi connectivity index (χ4v) is 1.32. The van der Waals surface area contributed by atoms with Crippen LogP contribution >= 0.6 is 0 Å². The van der Waals surface area contributed by atoms with Crippen LogP contribution < -0.4 is 10.1 Å². The number of amides is 1. The van der Waals surface area contributed by atoms with E-state index in [9.17, 15) is 9.18 Å². The molecule has 0 atom stereocenters. The van der Waals surface area contributed by atoms with E-state index < -0.39 is 11.7 Å². The Kier molecular flexibility index (Phi) is 3.46.